The van der Waals surface area contributed by atoms with Crippen LogP contribution < -0.4 is 5.73 Å². The van der Waals surface area contributed by atoms with Gasteiger partial charge in [-0.05, 0) is 12.5 Å². The average molecular weight is 188 g/mol. The van der Waals surface area contributed by atoms with Crippen molar-refractivity contribution < 1.29 is 9.84 Å². The molecule has 2 unspecified atom stereocenters. The van der Waals surface area contributed by atoms with Crippen molar-refractivity contribution in [2.45, 2.75) is 13.0 Å². The molecule has 0 bridgehead atoms. The largest absolute Gasteiger partial charge is 0.395 e. The van der Waals surface area contributed by atoms with Gasteiger partial charge in [0.25, 0.3) is 0 Å². The number of aliphatic hydroxyl groups is 1. The third kappa shape index (κ3) is 3.23. The number of hydrogen-bond donors (Lipinski definition) is 2. The Morgan fingerprint density at radius 2 is 2.46 bits per heavy atom. The summed E-state index contributed by atoms with van der Waals surface area (Å²) in [6, 6.07) is 0.169. The molecule has 1 aliphatic rings. The molecule has 1 aliphatic heterocycles. The van der Waals surface area contributed by atoms with E-state index in [2.05, 4.69) is 11.8 Å². The Morgan fingerprint density at radius 3 is 3.08 bits per heavy atom. The van der Waals surface area contributed by atoms with Crippen molar-refractivity contribution in [1.82, 2.24) is 4.90 Å². The zero-order valence-electron chi connectivity index (χ0n) is 8.28. The van der Waals surface area contributed by atoms with Crippen LogP contribution in [0.4, 0.5) is 0 Å². The Hall–Kier alpha value is -0.160. The second-order valence-corrected chi connectivity index (χ2v) is 3.75. The predicted molar refractivity (Wildman–Crippen MR) is 51.5 cm³/mol. The number of nitrogens with two attached hydrogens (primary N) is 1. The molecule has 1 fully saturated rings. The van der Waals surface area contributed by atoms with Crippen LogP contribution in [-0.2, 0) is 4.74 Å². The highest BCUT2D eigenvalue weighted by Gasteiger charge is 2.22. The molecule has 0 aromatic rings. The SMILES string of the molecule is CC(CN)CN1CCOCC1CO. The van der Waals surface area contributed by atoms with Crippen LogP contribution in [0.25, 0.3) is 0 Å². The van der Waals surface area contributed by atoms with Crippen molar-refractivity contribution in [3.8, 4) is 0 Å². The Kier molecular flexibility index (Phi) is 4.66. The van der Waals surface area contributed by atoms with Gasteiger partial charge in [0.05, 0.1) is 25.9 Å². The summed E-state index contributed by atoms with van der Waals surface area (Å²) >= 11 is 0. The van der Waals surface area contributed by atoms with Gasteiger partial charge in [-0.15, -0.1) is 0 Å². The fourth-order valence-corrected chi connectivity index (χ4v) is 1.57. The molecule has 4 nitrogen and oxygen atoms in total. The Bertz CT molecular complexity index is 144. The maximum atomic E-state index is 9.09. The maximum absolute atomic E-state index is 9.09. The Balaban J connectivity index is 2.35. The second kappa shape index (κ2) is 5.54. The van der Waals surface area contributed by atoms with Gasteiger partial charge in [0.15, 0.2) is 0 Å². The average Bonchev–Trinajstić information content (AvgIpc) is 2.18. The van der Waals surface area contributed by atoms with Crippen LogP contribution in [-0.4, -0.2) is 55.5 Å². The highest BCUT2D eigenvalue weighted by molar-refractivity contribution is 4.76. The van der Waals surface area contributed by atoms with Gasteiger partial charge in [-0.1, -0.05) is 6.92 Å². The maximum Gasteiger partial charge on any atom is 0.0644 e. The van der Waals surface area contributed by atoms with E-state index in [9.17, 15) is 0 Å². The Morgan fingerprint density at radius 1 is 1.69 bits per heavy atom. The van der Waals surface area contributed by atoms with Crippen LogP contribution >= 0.6 is 0 Å². The molecule has 0 aliphatic carbocycles. The lowest BCUT2D eigenvalue weighted by Gasteiger charge is -2.35. The number of nitrogens with zero attached hydrogens (tertiary/aromatic N) is 1. The molecule has 4 heteroatoms. The molecule has 78 valence electrons. The van der Waals surface area contributed by atoms with Crippen LogP contribution in [0.3, 0.4) is 0 Å². The smallest absolute Gasteiger partial charge is 0.0644 e. The molecule has 1 rings (SSSR count). The molecule has 1 saturated heterocycles. The summed E-state index contributed by atoms with van der Waals surface area (Å²) in [5.74, 6) is 0.493. The van der Waals surface area contributed by atoms with Crippen LogP contribution in [0.5, 0.6) is 0 Å². The van der Waals surface area contributed by atoms with E-state index in [-0.39, 0.29) is 12.6 Å². The minimum absolute atomic E-state index is 0.169. The van der Waals surface area contributed by atoms with E-state index in [0.29, 0.717) is 19.1 Å². The summed E-state index contributed by atoms with van der Waals surface area (Å²) in [7, 11) is 0. The van der Waals surface area contributed by atoms with Crippen LogP contribution in [0.1, 0.15) is 6.92 Å². The fraction of sp³-hybridized carbons (Fsp3) is 1.00. The lowest BCUT2D eigenvalue weighted by Crippen LogP contribution is -2.49. The second-order valence-electron chi connectivity index (χ2n) is 3.75. The van der Waals surface area contributed by atoms with Gasteiger partial charge in [-0.25, -0.2) is 0 Å². The van der Waals surface area contributed by atoms with E-state index in [4.69, 9.17) is 15.6 Å². The van der Waals surface area contributed by atoms with Gasteiger partial charge in [-0.3, -0.25) is 4.90 Å². The molecular weight excluding hydrogens is 168 g/mol. The molecule has 0 aromatic carbocycles. The Labute approximate surface area is 79.7 Å². The number of ether oxygens (including phenoxy) is 1. The van der Waals surface area contributed by atoms with E-state index in [1.807, 2.05) is 0 Å². The third-order valence-electron chi connectivity index (χ3n) is 2.51. The van der Waals surface area contributed by atoms with Crippen molar-refractivity contribution in [3.63, 3.8) is 0 Å². The lowest BCUT2D eigenvalue weighted by atomic mass is 10.1. The van der Waals surface area contributed by atoms with Crippen molar-refractivity contribution >= 4 is 0 Å². The first-order valence-corrected chi connectivity index (χ1v) is 4.90. The van der Waals surface area contributed by atoms with E-state index in [0.717, 1.165) is 19.7 Å². The number of morpholine rings is 1. The monoisotopic (exact) mass is 188 g/mol. The minimum atomic E-state index is 0.169. The molecular formula is C9H20N2O2. The molecule has 13 heavy (non-hydrogen) atoms. The van der Waals surface area contributed by atoms with Gasteiger partial charge in [0.1, 0.15) is 0 Å². The van der Waals surface area contributed by atoms with E-state index >= 15 is 0 Å². The summed E-state index contributed by atoms with van der Waals surface area (Å²) < 4.78 is 5.29. The standard InChI is InChI=1S/C9H20N2O2/c1-8(4-10)5-11-2-3-13-7-9(11)6-12/h8-9,12H,2-7,10H2,1H3. The quantitative estimate of drug-likeness (QED) is 0.611. The molecule has 0 aromatic heterocycles. The van der Waals surface area contributed by atoms with Crippen molar-refractivity contribution in [2.75, 3.05) is 39.5 Å². The van der Waals surface area contributed by atoms with Crippen molar-refractivity contribution in [2.24, 2.45) is 11.7 Å². The first kappa shape index (κ1) is 10.9. The zero-order valence-corrected chi connectivity index (χ0v) is 8.28. The van der Waals surface area contributed by atoms with Gasteiger partial charge in [0.2, 0.25) is 0 Å². The topological polar surface area (TPSA) is 58.7 Å². The van der Waals surface area contributed by atoms with Gasteiger partial charge < -0.3 is 15.6 Å². The van der Waals surface area contributed by atoms with Crippen LogP contribution in [0.15, 0.2) is 0 Å². The number of aliphatic hydroxyl groups excluding tert-OH is 1. The number of rotatable bonds is 4. The third-order valence-corrected chi connectivity index (χ3v) is 2.51. The van der Waals surface area contributed by atoms with Crippen LogP contribution in [0, 0.1) is 5.92 Å². The summed E-state index contributed by atoms with van der Waals surface area (Å²) in [6.07, 6.45) is 0. The van der Waals surface area contributed by atoms with E-state index < -0.39 is 0 Å². The summed E-state index contributed by atoms with van der Waals surface area (Å²) in [4.78, 5) is 2.26. The fourth-order valence-electron chi connectivity index (χ4n) is 1.57. The molecule has 3 N–H and O–H groups in total. The normalized spacial score (nSPS) is 27.5. The minimum Gasteiger partial charge on any atom is -0.395 e. The highest BCUT2D eigenvalue weighted by atomic mass is 16.5. The number of hydrogen-bond acceptors (Lipinski definition) is 4. The van der Waals surface area contributed by atoms with Gasteiger partial charge in [-0.2, -0.15) is 0 Å². The molecule has 0 saturated carbocycles. The van der Waals surface area contributed by atoms with E-state index in [1.165, 1.54) is 0 Å². The first-order valence-electron chi connectivity index (χ1n) is 4.90. The van der Waals surface area contributed by atoms with E-state index in [1.54, 1.807) is 0 Å². The molecule has 0 radical (unpaired) electrons. The molecule has 1 heterocycles. The van der Waals surface area contributed by atoms with Gasteiger partial charge in [0, 0.05) is 13.1 Å². The summed E-state index contributed by atoms with van der Waals surface area (Å²) in [6.45, 7) is 6.30. The molecule has 0 spiro atoms. The lowest BCUT2D eigenvalue weighted by molar-refractivity contribution is -0.0320. The molecule has 0 amide bonds. The van der Waals surface area contributed by atoms with Gasteiger partial charge >= 0.3 is 0 Å². The highest BCUT2D eigenvalue weighted by Crippen LogP contribution is 2.08. The van der Waals surface area contributed by atoms with Crippen molar-refractivity contribution in [1.29, 1.82) is 0 Å². The summed E-state index contributed by atoms with van der Waals surface area (Å²) in [5.41, 5.74) is 5.56. The first-order chi connectivity index (χ1) is 6.27. The zero-order chi connectivity index (χ0) is 9.68. The molecule has 2 atom stereocenters. The van der Waals surface area contributed by atoms with Crippen molar-refractivity contribution in [3.05, 3.63) is 0 Å². The predicted octanol–water partition coefficient (Wildman–Crippen LogP) is -0.726. The van der Waals surface area contributed by atoms with Crippen LogP contribution in [0.2, 0.25) is 0 Å². The summed E-state index contributed by atoms with van der Waals surface area (Å²) in [5, 5.41) is 9.09.